The van der Waals surface area contributed by atoms with Crippen molar-refractivity contribution in [2.24, 2.45) is 4.99 Å². The Morgan fingerprint density at radius 1 is 1.16 bits per heavy atom. The Morgan fingerprint density at radius 2 is 1.95 bits per heavy atom. The lowest BCUT2D eigenvalue weighted by molar-refractivity contribution is 0.0954. The van der Waals surface area contributed by atoms with Gasteiger partial charge in [-0.05, 0) is 42.5 Å². The molecule has 1 aliphatic rings. The van der Waals surface area contributed by atoms with Gasteiger partial charge in [-0.15, -0.1) is 0 Å². The first-order valence-corrected chi connectivity index (χ1v) is 13.4. The highest BCUT2D eigenvalue weighted by atomic mass is 35.5. The van der Waals surface area contributed by atoms with Crippen molar-refractivity contribution >= 4 is 50.4 Å². The van der Waals surface area contributed by atoms with Gasteiger partial charge in [0, 0.05) is 25.2 Å². The Balaban J connectivity index is 1.67. The number of amides is 1. The minimum atomic E-state index is -4.13. The summed E-state index contributed by atoms with van der Waals surface area (Å²) in [6, 6.07) is 20.0. The number of methoxy groups -OCH3 is 1. The second-order valence-electron chi connectivity index (χ2n) is 8.28. The molecule has 3 aromatic rings. The van der Waals surface area contributed by atoms with E-state index in [0.717, 1.165) is 0 Å². The third-order valence-corrected chi connectivity index (χ3v) is 7.52. The summed E-state index contributed by atoms with van der Waals surface area (Å²) in [4.78, 5) is 18.7. The van der Waals surface area contributed by atoms with E-state index in [4.69, 9.17) is 21.6 Å². The van der Waals surface area contributed by atoms with Crippen molar-refractivity contribution in [3.05, 3.63) is 77.3 Å². The Hall–Kier alpha value is -4.11. The van der Waals surface area contributed by atoms with E-state index in [-0.39, 0.29) is 29.3 Å². The molecule has 1 unspecified atom stereocenters. The maximum Gasteiger partial charge on any atom is 0.251 e. The van der Waals surface area contributed by atoms with Gasteiger partial charge in [-0.25, -0.2) is 13.4 Å². The highest BCUT2D eigenvalue weighted by molar-refractivity contribution is 7.89. The Kier molecular flexibility index (Phi) is 8.16. The molecule has 38 heavy (non-hydrogen) atoms. The van der Waals surface area contributed by atoms with Gasteiger partial charge in [0.15, 0.2) is 6.17 Å². The molecule has 10 nitrogen and oxygen atoms in total. The van der Waals surface area contributed by atoms with Crippen LogP contribution < -0.4 is 25.0 Å². The zero-order valence-electron chi connectivity index (χ0n) is 20.6. The molecule has 3 N–H and O–H groups in total. The number of carbonyl (C=O) groups is 1. The van der Waals surface area contributed by atoms with E-state index in [1.54, 1.807) is 30.1 Å². The number of ether oxygens (including phenoxy) is 1. The normalized spacial score (nSPS) is 14.6. The molecule has 0 aliphatic carbocycles. The first-order valence-electron chi connectivity index (χ1n) is 11.5. The topological polar surface area (TPSA) is 136 Å². The van der Waals surface area contributed by atoms with Crippen LogP contribution in [-0.4, -0.2) is 47.0 Å². The number of sulfonamides is 1. The first kappa shape index (κ1) is 26.9. The number of halogens is 1. The predicted octanol–water partition coefficient (Wildman–Crippen LogP) is 3.89. The molecule has 196 valence electrons. The number of rotatable bonds is 8. The SMILES string of the molecule is COc1ccc(Cl)c(NC2=Nc3ccccc3N(C)C2NS(=O)(=O)c2cccc(C(=O)NCCC#N)c2)c1. The van der Waals surface area contributed by atoms with E-state index in [0.29, 0.717) is 27.8 Å². The number of nitriles is 1. The van der Waals surface area contributed by atoms with Crippen LogP contribution in [0.2, 0.25) is 5.02 Å². The first-order chi connectivity index (χ1) is 18.2. The van der Waals surface area contributed by atoms with Crippen molar-refractivity contribution in [1.29, 1.82) is 5.26 Å². The number of hydrogen-bond acceptors (Lipinski definition) is 8. The highest BCUT2D eigenvalue weighted by Gasteiger charge is 2.32. The lowest BCUT2D eigenvalue weighted by Crippen LogP contribution is -2.55. The summed E-state index contributed by atoms with van der Waals surface area (Å²) in [5.41, 5.74) is 2.00. The van der Waals surface area contributed by atoms with Gasteiger partial charge >= 0.3 is 0 Å². The van der Waals surface area contributed by atoms with Gasteiger partial charge in [-0.1, -0.05) is 29.8 Å². The average Bonchev–Trinajstić information content (AvgIpc) is 2.92. The van der Waals surface area contributed by atoms with Crippen LogP contribution in [-0.2, 0) is 10.0 Å². The maximum atomic E-state index is 13.5. The number of benzene rings is 3. The Morgan fingerprint density at radius 3 is 2.71 bits per heavy atom. The van der Waals surface area contributed by atoms with E-state index in [1.165, 1.54) is 31.4 Å². The molecule has 3 aromatic carbocycles. The van der Waals surface area contributed by atoms with Crippen LogP contribution in [0, 0.1) is 11.3 Å². The van der Waals surface area contributed by atoms with Crippen LogP contribution in [0.1, 0.15) is 16.8 Å². The van der Waals surface area contributed by atoms with Gasteiger partial charge in [0.1, 0.15) is 11.6 Å². The molecule has 1 amide bonds. The summed E-state index contributed by atoms with van der Waals surface area (Å²) >= 11 is 6.40. The lowest BCUT2D eigenvalue weighted by Gasteiger charge is -2.36. The van der Waals surface area contributed by atoms with Gasteiger partial charge in [0.25, 0.3) is 5.91 Å². The number of para-hydroxylation sites is 2. The van der Waals surface area contributed by atoms with Gasteiger partial charge < -0.3 is 20.3 Å². The lowest BCUT2D eigenvalue weighted by atomic mass is 10.2. The zero-order valence-corrected chi connectivity index (χ0v) is 22.2. The predicted molar refractivity (Wildman–Crippen MR) is 147 cm³/mol. The molecule has 0 spiro atoms. The molecular weight excluding hydrogens is 528 g/mol. The van der Waals surface area contributed by atoms with Crippen molar-refractivity contribution in [3.8, 4) is 11.8 Å². The molecule has 0 aromatic heterocycles. The minimum Gasteiger partial charge on any atom is -0.497 e. The van der Waals surface area contributed by atoms with Gasteiger partial charge in [0.2, 0.25) is 10.0 Å². The smallest absolute Gasteiger partial charge is 0.251 e. The van der Waals surface area contributed by atoms with Crippen molar-refractivity contribution in [3.63, 3.8) is 0 Å². The number of nitrogens with one attached hydrogen (secondary N) is 3. The van der Waals surface area contributed by atoms with Crippen molar-refractivity contribution in [2.75, 3.05) is 30.9 Å². The van der Waals surface area contributed by atoms with Crippen molar-refractivity contribution in [2.45, 2.75) is 17.5 Å². The number of nitrogens with zero attached hydrogens (tertiary/aromatic N) is 3. The highest BCUT2D eigenvalue weighted by Crippen LogP contribution is 2.35. The second kappa shape index (κ2) is 11.5. The molecule has 1 heterocycles. The molecule has 0 saturated heterocycles. The molecule has 4 rings (SSSR count). The Labute approximate surface area is 225 Å². The molecule has 0 bridgehead atoms. The average molecular weight is 553 g/mol. The summed E-state index contributed by atoms with van der Waals surface area (Å²) in [6.07, 6.45) is -0.794. The fourth-order valence-corrected chi connectivity index (χ4v) is 5.22. The summed E-state index contributed by atoms with van der Waals surface area (Å²) in [7, 11) is -0.851. The van der Waals surface area contributed by atoms with Gasteiger partial charge in [0.05, 0.1) is 46.6 Å². The quantitative estimate of drug-likeness (QED) is 0.361. The summed E-state index contributed by atoms with van der Waals surface area (Å²) in [5, 5.41) is 14.8. The van der Waals surface area contributed by atoms with E-state index in [1.807, 2.05) is 30.3 Å². The molecule has 0 radical (unpaired) electrons. The van der Waals surface area contributed by atoms with Crippen LogP contribution in [0.15, 0.2) is 76.6 Å². The Bertz CT molecular complexity index is 1540. The molecule has 0 saturated carbocycles. The van der Waals surface area contributed by atoms with E-state index < -0.39 is 22.1 Å². The zero-order chi connectivity index (χ0) is 27.3. The number of amidine groups is 1. The number of fused-ring (bicyclic) bond motifs is 1. The monoisotopic (exact) mass is 552 g/mol. The molecule has 12 heteroatoms. The summed E-state index contributed by atoms with van der Waals surface area (Å²) in [6.45, 7) is 0.162. The van der Waals surface area contributed by atoms with E-state index in [9.17, 15) is 13.2 Å². The van der Waals surface area contributed by atoms with E-state index in [2.05, 4.69) is 20.3 Å². The van der Waals surface area contributed by atoms with Crippen molar-refractivity contribution in [1.82, 2.24) is 10.0 Å². The molecule has 1 aliphatic heterocycles. The summed E-state index contributed by atoms with van der Waals surface area (Å²) in [5.74, 6) is 0.372. The van der Waals surface area contributed by atoms with Gasteiger partial charge in [-0.3, -0.25) is 4.79 Å². The number of carbonyl (C=O) groups excluding carboxylic acids is 1. The minimum absolute atomic E-state index is 0.101. The number of likely N-dealkylation sites (N-methyl/N-ethyl adjacent to an activating group) is 1. The van der Waals surface area contributed by atoms with Crippen LogP contribution in [0.4, 0.5) is 17.1 Å². The maximum absolute atomic E-state index is 13.5. The second-order valence-corrected chi connectivity index (χ2v) is 10.4. The standard InChI is InChI=1S/C26H25ClN6O4S/c1-33-23-10-4-3-9-21(23)30-24(31-22-16-18(37-2)11-12-20(22)27)25(33)32-38(35,36)19-8-5-7-17(15-19)26(34)29-14-6-13-28/h3-5,7-12,15-16,25,32H,6,14H2,1-2H3,(H,29,34)(H,30,31). The van der Waals surface area contributed by atoms with E-state index >= 15 is 0 Å². The fraction of sp³-hybridized carbons (Fsp3) is 0.192. The third kappa shape index (κ3) is 5.89. The largest absolute Gasteiger partial charge is 0.497 e. The molecule has 1 atom stereocenters. The fourth-order valence-electron chi connectivity index (χ4n) is 3.82. The summed E-state index contributed by atoms with van der Waals surface area (Å²) < 4.78 is 35.0. The molecule has 0 fully saturated rings. The van der Waals surface area contributed by atoms with Gasteiger partial charge in [-0.2, -0.15) is 9.98 Å². The van der Waals surface area contributed by atoms with Crippen LogP contribution >= 0.6 is 11.6 Å². The third-order valence-electron chi connectivity index (χ3n) is 5.78. The number of aliphatic imine (C=N–C) groups is 1. The number of anilines is 2. The van der Waals surface area contributed by atoms with Crippen LogP contribution in [0.25, 0.3) is 0 Å². The van der Waals surface area contributed by atoms with Crippen LogP contribution in [0.5, 0.6) is 5.75 Å². The molecular formula is C26H25ClN6O4S. The number of hydrogen-bond donors (Lipinski definition) is 3. The van der Waals surface area contributed by atoms with Crippen LogP contribution in [0.3, 0.4) is 0 Å². The van der Waals surface area contributed by atoms with Crippen molar-refractivity contribution < 1.29 is 17.9 Å².